The highest BCUT2D eigenvalue weighted by atomic mass is 16.5. The molecule has 0 aliphatic carbocycles. The molecule has 17 heavy (non-hydrogen) atoms. The number of pyridine rings is 1. The summed E-state index contributed by atoms with van der Waals surface area (Å²) in [6.07, 6.45) is 4.21. The number of methoxy groups -OCH3 is 1. The number of aryl methyl sites for hydroxylation is 1. The molecule has 1 heterocycles. The summed E-state index contributed by atoms with van der Waals surface area (Å²) < 4.78 is 5.14. The first kappa shape index (κ1) is 11.6. The van der Waals surface area contributed by atoms with E-state index in [9.17, 15) is 0 Å². The molecule has 0 saturated heterocycles. The Morgan fingerprint density at radius 2 is 1.82 bits per heavy atom. The van der Waals surface area contributed by atoms with Crippen molar-refractivity contribution in [3.63, 3.8) is 0 Å². The maximum absolute atomic E-state index is 5.14. The molecule has 0 fully saturated rings. The molecule has 2 rings (SSSR count). The minimum absolute atomic E-state index is 0.872. The van der Waals surface area contributed by atoms with Crippen LogP contribution in [0.2, 0.25) is 0 Å². The molecule has 1 aromatic heterocycles. The van der Waals surface area contributed by atoms with E-state index in [4.69, 9.17) is 4.74 Å². The molecule has 0 bridgehead atoms. The first-order valence-corrected chi connectivity index (χ1v) is 5.93. The summed E-state index contributed by atoms with van der Waals surface area (Å²) in [5.74, 6) is 0.872. The number of rotatable bonds is 4. The van der Waals surface area contributed by atoms with E-state index in [1.807, 2.05) is 30.5 Å². The molecule has 0 unspecified atom stereocenters. The summed E-state index contributed by atoms with van der Waals surface area (Å²) in [4.78, 5) is 4.48. The third-order valence-electron chi connectivity index (χ3n) is 2.75. The molecule has 2 nitrogen and oxygen atoms in total. The minimum Gasteiger partial charge on any atom is -0.497 e. The lowest BCUT2D eigenvalue weighted by molar-refractivity contribution is 0.415. The normalized spacial score (nSPS) is 10.2. The summed E-state index contributed by atoms with van der Waals surface area (Å²) in [6.45, 7) is 2.18. The van der Waals surface area contributed by atoms with Gasteiger partial charge in [0.15, 0.2) is 0 Å². The summed E-state index contributed by atoms with van der Waals surface area (Å²) in [7, 11) is 1.67. The van der Waals surface area contributed by atoms with Crippen molar-refractivity contribution >= 4 is 0 Å². The molecule has 0 N–H and O–H groups in total. The molecular formula is C15H17NO. The molecule has 0 radical (unpaired) electrons. The van der Waals surface area contributed by atoms with E-state index in [1.54, 1.807) is 7.11 Å². The maximum Gasteiger partial charge on any atom is 0.118 e. The van der Waals surface area contributed by atoms with Crippen molar-refractivity contribution in [2.24, 2.45) is 0 Å². The van der Waals surface area contributed by atoms with Gasteiger partial charge in [-0.1, -0.05) is 19.4 Å². The topological polar surface area (TPSA) is 22.1 Å². The Hall–Kier alpha value is -1.83. The molecule has 2 heteroatoms. The summed E-state index contributed by atoms with van der Waals surface area (Å²) in [5.41, 5.74) is 3.42. The molecular weight excluding hydrogens is 210 g/mol. The second-order valence-electron chi connectivity index (χ2n) is 4.03. The minimum atomic E-state index is 0.872. The lowest BCUT2D eigenvalue weighted by atomic mass is 10.1. The zero-order chi connectivity index (χ0) is 12.1. The Morgan fingerprint density at radius 3 is 2.35 bits per heavy atom. The molecule has 0 atom stereocenters. The van der Waals surface area contributed by atoms with E-state index >= 15 is 0 Å². The van der Waals surface area contributed by atoms with Crippen LogP contribution in [-0.4, -0.2) is 12.1 Å². The maximum atomic E-state index is 5.14. The van der Waals surface area contributed by atoms with Gasteiger partial charge in [0.05, 0.1) is 12.8 Å². The van der Waals surface area contributed by atoms with Crippen molar-refractivity contribution in [3.05, 3.63) is 48.2 Å². The third-order valence-corrected chi connectivity index (χ3v) is 2.75. The van der Waals surface area contributed by atoms with E-state index in [2.05, 4.69) is 24.0 Å². The van der Waals surface area contributed by atoms with Crippen LogP contribution < -0.4 is 4.74 Å². The fourth-order valence-electron chi connectivity index (χ4n) is 1.79. The third kappa shape index (κ3) is 2.84. The van der Waals surface area contributed by atoms with E-state index in [0.717, 1.165) is 29.8 Å². The smallest absolute Gasteiger partial charge is 0.118 e. The van der Waals surface area contributed by atoms with Gasteiger partial charge >= 0.3 is 0 Å². The molecule has 88 valence electrons. The van der Waals surface area contributed by atoms with Gasteiger partial charge in [-0.05, 0) is 42.3 Å². The average molecular weight is 227 g/mol. The van der Waals surface area contributed by atoms with Crippen molar-refractivity contribution < 1.29 is 4.74 Å². The molecule has 0 aliphatic heterocycles. The lowest BCUT2D eigenvalue weighted by Crippen LogP contribution is -1.88. The van der Waals surface area contributed by atoms with Crippen LogP contribution in [0.25, 0.3) is 11.3 Å². The summed E-state index contributed by atoms with van der Waals surface area (Å²) in [5, 5.41) is 0. The Labute approximate surface area is 102 Å². The fraction of sp³-hybridized carbons (Fsp3) is 0.267. The second-order valence-corrected chi connectivity index (χ2v) is 4.03. The Bertz CT molecular complexity index is 459. The molecule has 0 saturated carbocycles. The van der Waals surface area contributed by atoms with Gasteiger partial charge < -0.3 is 4.74 Å². The molecule has 1 aromatic carbocycles. The van der Waals surface area contributed by atoms with Gasteiger partial charge in [0, 0.05) is 11.8 Å². The Kier molecular flexibility index (Phi) is 3.76. The van der Waals surface area contributed by atoms with Gasteiger partial charge in [-0.15, -0.1) is 0 Å². The van der Waals surface area contributed by atoms with Gasteiger partial charge in [-0.3, -0.25) is 4.98 Å². The first-order chi connectivity index (χ1) is 8.33. The van der Waals surface area contributed by atoms with Gasteiger partial charge in [0.1, 0.15) is 5.75 Å². The monoisotopic (exact) mass is 227 g/mol. The van der Waals surface area contributed by atoms with Crippen LogP contribution in [0.15, 0.2) is 42.6 Å². The fourth-order valence-corrected chi connectivity index (χ4v) is 1.79. The predicted octanol–water partition coefficient (Wildman–Crippen LogP) is 3.71. The van der Waals surface area contributed by atoms with Crippen molar-refractivity contribution in [2.75, 3.05) is 7.11 Å². The van der Waals surface area contributed by atoms with Gasteiger partial charge in [0.2, 0.25) is 0 Å². The molecule has 0 spiro atoms. The van der Waals surface area contributed by atoms with Crippen LogP contribution in [0.1, 0.15) is 18.9 Å². The van der Waals surface area contributed by atoms with Crippen molar-refractivity contribution in [2.45, 2.75) is 19.8 Å². The zero-order valence-corrected chi connectivity index (χ0v) is 10.3. The highest BCUT2D eigenvalue weighted by Crippen LogP contribution is 2.20. The van der Waals surface area contributed by atoms with Crippen LogP contribution in [0.5, 0.6) is 5.75 Å². The van der Waals surface area contributed by atoms with Gasteiger partial charge in [-0.2, -0.15) is 0 Å². The van der Waals surface area contributed by atoms with Gasteiger partial charge in [0.25, 0.3) is 0 Å². The number of hydrogen-bond donors (Lipinski definition) is 0. The van der Waals surface area contributed by atoms with Crippen molar-refractivity contribution in [1.82, 2.24) is 4.98 Å². The highest BCUT2D eigenvalue weighted by Gasteiger charge is 2.00. The largest absolute Gasteiger partial charge is 0.497 e. The number of ether oxygens (including phenoxy) is 1. The quantitative estimate of drug-likeness (QED) is 0.794. The molecule has 0 amide bonds. The number of aromatic nitrogens is 1. The van der Waals surface area contributed by atoms with E-state index in [0.29, 0.717) is 0 Å². The van der Waals surface area contributed by atoms with Crippen LogP contribution >= 0.6 is 0 Å². The highest BCUT2D eigenvalue weighted by molar-refractivity contribution is 5.60. The van der Waals surface area contributed by atoms with Gasteiger partial charge in [-0.25, -0.2) is 0 Å². The summed E-state index contributed by atoms with van der Waals surface area (Å²) >= 11 is 0. The second kappa shape index (κ2) is 5.48. The van der Waals surface area contributed by atoms with E-state index in [1.165, 1.54) is 5.56 Å². The first-order valence-electron chi connectivity index (χ1n) is 5.93. The van der Waals surface area contributed by atoms with Crippen molar-refractivity contribution in [3.8, 4) is 17.0 Å². The Balaban J connectivity index is 2.20. The zero-order valence-electron chi connectivity index (χ0n) is 10.3. The van der Waals surface area contributed by atoms with E-state index < -0.39 is 0 Å². The SMILES string of the molecule is CCCc1ccc(-c2ccc(OC)cc2)nc1. The predicted molar refractivity (Wildman–Crippen MR) is 70.2 cm³/mol. The van der Waals surface area contributed by atoms with Crippen LogP contribution in [0.4, 0.5) is 0 Å². The molecule has 2 aromatic rings. The number of hydrogen-bond acceptors (Lipinski definition) is 2. The van der Waals surface area contributed by atoms with Crippen LogP contribution in [0.3, 0.4) is 0 Å². The summed E-state index contributed by atoms with van der Waals surface area (Å²) in [6, 6.07) is 12.2. The van der Waals surface area contributed by atoms with Crippen LogP contribution in [-0.2, 0) is 6.42 Å². The Morgan fingerprint density at radius 1 is 1.06 bits per heavy atom. The van der Waals surface area contributed by atoms with E-state index in [-0.39, 0.29) is 0 Å². The van der Waals surface area contributed by atoms with Crippen molar-refractivity contribution in [1.29, 1.82) is 0 Å². The number of nitrogens with zero attached hydrogens (tertiary/aromatic N) is 1. The number of benzene rings is 1. The molecule has 0 aliphatic rings. The average Bonchev–Trinajstić information content (AvgIpc) is 2.40. The van der Waals surface area contributed by atoms with Crippen LogP contribution in [0, 0.1) is 0 Å². The standard InChI is InChI=1S/C15H17NO/c1-3-4-12-5-10-15(16-11-12)13-6-8-14(17-2)9-7-13/h5-11H,3-4H2,1-2H3. The lowest BCUT2D eigenvalue weighted by Gasteiger charge is -2.04.